The largest absolute Gasteiger partial charge is 0.465 e. The van der Waals surface area contributed by atoms with Crippen molar-refractivity contribution in [1.82, 2.24) is 15.2 Å². The number of amides is 2. The number of carbonyl (C=O) groups excluding carboxylic acids is 1. The Balaban J connectivity index is 1.59. The Bertz CT molecular complexity index is 828. The molecule has 0 bridgehead atoms. The van der Waals surface area contributed by atoms with Gasteiger partial charge in [-0.05, 0) is 43.4 Å². The van der Waals surface area contributed by atoms with Crippen LogP contribution in [0.1, 0.15) is 35.3 Å². The Kier molecular flexibility index (Phi) is 4.89. The average molecular weight is 340 g/mol. The SMILES string of the molecule is N#Cc1ccc2cc(C(=O)N3CCC(CCNC(=O)O)CC3)[nH]c2c1. The number of piperidine rings is 1. The van der Waals surface area contributed by atoms with E-state index in [1.54, 1.807) is 12.1 Å². The monoisotopic (exact) mass is 340 g/mol. The van der Waals surface area contributed by atoms with Gasteiger partial charge in [-0.25, -0.2) is 4.79 Å². The van der Waals surface area contributed by atoms with Gasteiger partial charge in [-0.1, -0.05) is 6.07 Å². The molecule has 1 fully saturated rings. The molecule has 3 N–H and O–H groups in total. The van der Waals surface area contributed by atoms with Crippen LogP contribution in [-0.4, -0.2) is 46.6 Å². The van der Waals surface area contributed by atoms with Crippen molar-refractivity contribution in [3.63, 3.8) is 0 Å². The lowest BCUT2D eigenvalue weighted by Gasteiger charge is -2.31. The fourth-order valence-corrected chi connectivity index (χ4v) is 3.29. The molecule has 0 unspecified atom stereocenters. The molecule has 2 amide bonds. The molecule has 1 aromatic carbocycles. The number of nitrogens with one attached hydrogen (secondary N) is 2. The van der Waals surface area contributed by atoms with Crippen LogP contribution in [-0.2, 0) is 0 Å². The molecule has 0 saturated carbocycles. The number of aromatic amines is 1. The van der Waals surface area contributed by atoms with E-state index in [0.29, 0.717) is 36.8 Å². The van der Waals surface area contributed by atoms with Gasteiger partial charge in [-0.3, -0.25) is 4.79 Å². The molecule has 0 aliphatic carbocycles. The van der Waals surface area contributed by atoms with E-state index in [2.05, 4.69) is 16.4 Å². The first-order chi connectivity index (χ1) is 12.1. The summed E-state index contributed by atoms with van der Waals surface area (Å²) >= 11 is 0. The van der Waals surface area contributed by atoms with Crippen LogP contribution in [0.5, 0.6) is 0 Å². The van der Waals surface area contributed by atoms with Gasteiger partial charge >= 0.3 is 6.09 Å². The maximum absolute atomic E-state index is 12.7. The van der Waals surface area contributed by atoms with Gasteiger partial charge in [0.05, 0.1) is 11.6 Å². The zero-order valence-electron chi connectivity index (χ0n) is 13.8. The van der Waals surface area contributed by atoms with Gasteiger partial charge in [0.2, 0.25) is 0 Å². The molecule has 2 heterocycles. The van der Waals surface area contributed by atoms with E-state index in [-0.39, 0.29) is 5.91 Å². The van der Waals surface area contributed by atoms with Crippen molar-refractivity contribution in [3.8, 4) is 6.07 Å². The van der Waals surface area contributed by atoms with E-state index < -0.39 is 6.09 Å². The van der Waals surface area contributed by atoms with Crippen molar-refractivity contribution in [2.75, 3.05) is 19.6 Å². The highest BCUT2D eigenvalue weighted by Crippen LogP contribution is 2.23. The molecule has 7 nitrogen and oxygen atoms in total. The minimum absolute atomic E-state index is 0.0307. The molecule has 25 heavy (non-hydrogen) atoms. The third-order valence-electron chi connectivity index (χ3n) is 4.71. The molecule has 0 atom stereocenters. The molecular formula is C18H20N4O3. The van der Waals surface area contributed by atoms with Crippen LogP contribution in [0.4, 0.5) is 4.79 Å². The Morgan fingerprint density at radius 2 is 2.08 bits per heavy atom. The summed E-state index contributed by atoms with van der Waals surface area (Å²) in [6, 6.07) is 9.23. The van der Waals surface area contributed by atoms with E-state index in [1.165, 1.54) is 0 Å². The van der Waals surface area contributed by atoms with Gasteiger partial charge in [0, 0.05) is 30.5 Å². The summed E-state index contributed by atoms with van der Waals surface area (Å²) < 4.78 is 0. The third kappa shape index (κ3) is 3.91. The van der Waals surface area contributed by atoms with Gasteiger partial charge in [-0.15, -0.1) is 0 Å². The van der Waals surface area contributed by atoms with Crippen molar-refractivity contribution in [1.29, 1.82) is 5.26 Å². The van der Waals surface area contributed by atoms with Crippen LogP contribution >= 0.6 is 0 Å². The number of hydrogen-bond donors (Lipinski definition) is 3. The highest BCUT2D eigenvalue weighted by molar-refractivity contribution is 5.98. The first kappa shape index (κ1) is 16.8. The predicted molar refractivity (Wildman–Crippen MR) is 92.3 cm³/mol. The summed E-state index contributed by atoms with van der Waals surface area (Å²) in [6.45, 7) is 1.81. The van der Waals surface area contributed by atoms with Crippen LogP contribution < -0.4 is 5.32 Å². The number of aromatic nitrogens is 1. The smallest absolute Gasteiger partial charge is 0.404 e. The fraction of sp³-hybridized carbons (Fsp3) is 0.389. The Morgan fingerprint density at radius 1 is 1.32 bits per heavy atom. The second-order valence-electron chi connectivity index (χ2n) is 6.35. The van der Waals surface area contributed by atoms with Crippen LogP contribution in [0.15, 0.2) is 24.3 Å². The first-order valence-corrected chi connectivity index (χ1v) is 8.36. The van der Waals surface area contributed by atoms with E-state index in [1.807, 2.05) is 17.0 Å². The van der Waals surface area contributed by atoms with Crippen molar-refractivity contribution in [2.45, 2.75) is 19.3 Å². The third-order valence-corrected chi connectivity index (χ3v) is 4.71. The lowest BCUT2D eigenvalue weighted by Crippen LogP contribution is -2.39. The molecule has 1 aliphatic heterocycles. The van der Waals surface area contributed by atoms with E-state index in [0.717, 1.165) is 30.2 Å². The summed E-state index contributed by atoms with van der Waals surface area (Å²) in [5.41, 5.74) is 1.89. The van der Waals surface area contributed by atoms with Gasteiger partial charge in [0.1, 0.15) is 5.69 Å². The average Bonchev–Trinajstić information content (AvgIpc) is 3.04. The van der Waals surface area contributed by atoms with Gasteiger partial charge in [0.15, 0.2) is 0 Å². The van der Waals surface area contributed by atoms with Crippen LogP contribution in [0.3, 0.4) is 0 Å². The molecule has 3 rings (SSSR count). The highest BCUT2D eigenvalue weighted by atomic mass is 16.4. The molecule has 1 aromatic heterocycles. The van der Waals surface area contributed by atoms with Crippen LogP contribution in [0.25, 0.3) is 10.9 Å². The van der Waals surface area contributed by atoms with E-state index >= 15 is 0 Å². The number of benzene rings is 1. The second kappa shape index (κ2) is 7.26. The molecule has 0 spiro atoms. The zero-order valence-corrected chi connectivity index (χ0v) is 13.8. The molecular weight excluding hydrogens is 320 g/mol. The summed E-state index contributed by atoms with van der Waals surface area (Å²) in [6.07, 6.45) is 1.57. The number of hydrogen-bond acceptors (Lipinski definition) is 3. The summed E-state index contributed by atoms with van der Waals surface area (Å²) in [7, 11) is 0. The first-order valence-electron chi connectivity index (χ1n) is 8.36. The number of nitrogens with zero attached hydrogens (tertiary/aromatic N) is 2. The second-order valence-corrected chi connectivity index (χ2v) is 6.35. The number of rotatable bonds is 4. The Labute approximate surface area is 145 Å². The lowest BCUT2D eigenvalue weighted by molar-refractivity contribution is 0.0682. The summed E-state index contributed by atoms with van der Waals surface area (Å²) in [5.74, 6) is 0.411. The minimum Gasteiger partial charge on any atom is -0.465 e. The van der Waals surface area contributed by atoms with Crippen molar-refractivity contribution < 1.29 is 14.7 Å². The maximum Gasteiger partial charge on any atom is 0.404 e. The normalized spacial score (nSPS) is 15.1. The topological polar surface area (TPSA) is 109 Å². The van der Waals surface area contributed by atoms with Crippen molar-refractivity contribution in [3.05, 3.63) is 35.5 Å². The number of carbonyl (C=O) groups is 2. The van der Waals surface area contributed by atoms with Crippen LogP contribution in [0.2, 0.25) is 0 Å². The number of nitriles is 1. The number of fused-ring (bicyclic) bond motifs is 1. The Morgan fingerprint density at radius 3 is 2.76 bits per heavy atom. The Hall–Kier alpha value is -3.01. The quantitative estimate of drug-likeness (QED) is 0.794. The highest BCUT2D eigenvalue weighted by Gasteiger charge is 2.24. The van der Waals surface area contributed by atoms with Gasteiger partial charge in [-0.2, -0.15) is 5.26 Å². The fourth-order valence-electron chi connectivity index (χ4n) is 3.29. The molecule has 7 heteroatoms. The number of likely N-dealkylation sites (tertiary alicyclic amines) is 1. The minimum atomic E-state index is -0.994. The van der Waals surface area contributed by atoms with Gasteiger partial charge < -0.3 is 20.3 Å². The predicted octanol–water partition coefficient (Wildman–Crippen LogP) is 2.55. The maximum atomic E-state index is 12.7. The lowest BCUT2D eigenvalue weighted by atomic mass is 9.93. The number of carboxylic acid groups (broad SMARTS) is 1. The molecule has 0 radical (unpaired) electrons. The summed E-state index contributed by atoms with van der Waals surface area (Å²) in [5, 5.41) is 20.8. The van der Waals surface area contributed by atoms with E-state index in [9.17, 15) is 9.59 Å². The van der Waals surface area contributed by atoms with Gasteiger partial charge in [0.25, 0.3) is 5.91 Å². The molecule has 1 aliphatic rings. The van der Waals surface area contributed by atoms with E-state index in [4.69, 9.17) is 10.4 Å². The number of H-pyrrole nitrogens is 1. The molecule has 130 valence electrons. The summed E-state index contributed by atoms with van der Waals surface area (Å²) in [4.78, 5) is 28.1. The van der Waals surface area contributed by atoms with Crippen molar-refractivity contribution in [2.24, 2.45) is 5.92 Å². The van der Waals surface area contributed by atoms with Crippen LogP contribution in [0, 0.1) is 17.2 Å². The molecule has 1 saturated heterocycles. The zero-order chi connectivity index (χ0) is 17.8. The van der Waals surface area contributed by atoms with Crippen molar-refractivity contribution >= 4 is 22.9 Å². The standard InChI is InChI=1S/C18H20N4O3/c19-11-13-1-2-14-10-16(21-15(14)9-13)17(23)22-7-4-12(5-8-22)3-6-20-18(24)25/h1-2,9-10,12,20-21H,3-8H2,(H,24,25). The molecule has 2 aromatic rings.